The Bertz CT molecular complexity index is 443. The summed E-state index contributed by atoms with van der Waals surface area (Å²) < 4.78 is 18.7. The Hall–Kier alpha value is -1.27. The predicted molar refractivity (Wildman–Crippen MR) is 93.0 cm³/mol. The average molecular weight is 327 g/mol. The van der Waals surface area contributed by atoms with Crippen LogP contribution in [0.2, 0.25) is 0 Å². The molecular weight excluding hydrogens is 301 g/mol. The van der Waals surface area contributed by atoms with Gasteiger partial charge < -0.3 is 15.4 Å². The summed E-state index contributed by atoms with van der Waals surface area (Å²) in [6.45, 7) is 5.14. The van der Waals surface area contributed by atoms with Crippen LogP contribution < -0.4 is 10.6 Å². The molecule has 0 saturated heterocycles. The van der Waals surface area contributed by atoms with E-state index in [1.54, 1.807) is 24.9 Å². The molecule has 0 saturated carbocycles. The van der Waals surface area contributed by atoms with Gasteiger partial charge in [-0.1, -0.05) is 18.2 Å². The van der Waals surface area contributed by atoms with Gasteiger partial charge in [0.25, 0.3) is 0 Å². The van der Waals surface area contributed by atoms with Crippen LogP contribution >= 0.6 is 11.8 Å². The van der Waals surface area contributed by atoms with Gasteiger partial charge in [-0.25, -0.2) is 4.39 Å². The highest BCUT2D eigenvalue weighted by Gasteiger charge is 2.01. The van der Waals surface area contributed by atoms with Crippen molar-refractivity contribution in [2.24, 2.45) is 4.99 Å². The second-order valence-corrected chi connectivity index (χ2v) is 5.73. The third-order valence-corrected chi connectivity index (χ3v) is 3.95. The second kappa shape index (κ2) is 12.3. The van der Waals surface area contributed by atoms with E-state index in [-0.39, 0.29) is 5.82 Å². The molecular formula is C16H26FN3OS. The van der Waals surface area contributed by atoms with Crippen LogP contribution in [0.15, 0.2) is 29.3 Å². The fourth-order valence-corrected chi connectivity index (χ4v) is 2.63. The Kier molecular flexibility index (Phi) is 10.5. The van der Waals surface area contributed by atoms with Crippen molar-refractivity contribution in [3.8, 4) is 0 Å². The van der Waals surface area contributed by atoms with Crippen LogP contribution in [-0.2, 0) is 10.5 Å². The smallest absolute Gasteiger partial charge is 0.191 e. The Morgan fingerprint density at radius 2 is 2.05 bits per heavy atom. The summed E-state index contributed by atoms with van der Waals surface area (Å²) in [5, 5.41) is 6.48. The molecule has 1 aromatic carbocycles. The van der Waals surface area contributed by atoms with Crippen molar-refractivity contribution in [3.05, 3.63) is 35.6 Å². The zero-order valence-corrected chi connectivity index (χ0v) is 14.2. The Morgan fingerprint density at radius 3 is 2.77 bits per heavy atom. The number of benzene rings is 1. The lowest BCUT2D eigenvalue weighted by Gasteiger charge is -2.11. The Morgan fingerprint density at radius 1 is 1.27 bits per heavy atom. The number of nitrogens with zero attached hydrogens (tertiary/aromatic N) is 1. The number of halogens is 1. The molecule has 0 unspecified atom stereocenters. The number of thioether (sulfide) groups is 1. The highest BCUT2D eigenvalue weighted by atomic mass is 32.2. The number of aliphatic imine (C=N–C) groups is 1. The molecule has 0 aromatic heterocycles. The van der Waals surface area contributed by atoms with Gasteiger partial charge in [-0.15, -0.1) is 0 Å². The molecule has 0 aliphatic rings. The van der Waals surface area contributed by atoms with Crippen molar-refractivity contribution < 1.29 is 9.13 Å². The van der Waals surface area contributed by atoms with E-state index in [4.69, 9.17) is 4.74 Å². The van der Waals surface area contributed by atoms with Gasteiger partial charge in [0, 0.05) is 44.9 Å². The zero-order chi connectivity index (χ0) is 16.0. The lowest BCUT2D eigenvalue weighted by atomic mass is 10.2. The van der Waals surface area contributed by atoms with Crippen LogP contribution in [0.25, 0.3) is 0 Å². The van der Waals surface area contributed by atoms with Gasteiger partial charge in [-0.2, -0.15) is 11.8 Å². The number of hydrogen-bond donors (Lipinski definition) is 2. The van der Waals surface area contributed by atoms with E-state index in [2.05, 4.69) is 15.6 Å². The number of nitrogens with one attached hydrogen (secondary N) is 2. The van der Waals surface area contributed by atoms with Gasteiger partial charge in [0.1, 0.15) is 5.82 Å². The van der Waals surface area contributed by atoms with Crippen LogP contribution in [0.3, 0.4) is 0 Å². The molecule has 0 aliphatic carbocycles. The summed E-state index contributed by atoms with van der Waals surface area (Å²) in [5.74, 6) is 2.25. The van der Waals surface area contributed by atoms with Crippen molar-refractivity contribution in [1.82, 2.24) is 10.6 Å². The largest absolute Gasteiger partial charge is 0.382 e. The molecule has 0 aliphatic heterocycles. The third-order valence-electron chi connectivity index (χ3n) is 2.94. The van der Waals surface area contributed by atoms with E-state index < -0.39 is 0 Å². The molecule has 2 N–H and O–H groups in total. The summed E-state index contributed by atoms with van der Waals surface area (Å²) in [6, 6.07) is 6.91. The third kappa shape index (κ3) is 8.24. The van der Waals surface area contributed by atoms with E-state index in [0.29, 0.717) is 5.75 Å². The van der Waals surface area contributed by atoms with Crippen LogP contribution in [0.1, 0.15) is 18.9 Å². The van der Waals surface area contributed by atoms with Gasteiger partial charge in [0.15, 0.2) is 5.96 Å². The van der Waals surface area contributed by atoms with Gasteiger partial charge in [-0.3, -0.25) is 4.99 Å². The normalized spacial score (nSPS) is 11.5. The lowest BCUT2D eigenvalue weighted by Crippen LogP contribution is -2.39. The number of guanidine groups is 1. The minimum absolute atomic E-state index is 0.130. The molecule has 124 valence electrons. The maximum absolute atomic E-state index is 13.4. The minimum Gasteiger partial charge on any atom is -0.382 e. The average Bonchev–Trinajstić information content (AvgIpc) is 2.54. The monoisotopic (exact) mass is 327 g/mol. The summed E-state index contributed by atoms with van der Waals surface area (Å²) >= 11 is 1.70. The SMILES string of the molecule is CCOCCCNC(=NC)NCCSCc1ccccc1F. The van der Waals surface area contributed by atoms with Crippen molar-refractivity contribution in [2.45, 2.75) is 19.1 Å². The Balaban J connectivity index is 2.08. The number of rotatable bonds is 10. The molecule has 22 heavy (non-hydrogen) atoms. The Labute approximate surface area is 136 Å². The summed E-state index contributed by atoms with van der Waals surface area (Å²) in [6.07, 6.45) is 0.955. The van der Waals surface area contributed by atoms with E-state index in [0.717, 1.165) is 50.0 Å². The minimum atomic E-state index is -0.130. The van der Waals surface area contributed by atoms with Crippen molar-refractivity contribution in [1.29, 1.82) is 0 Å². The van der Waals surface area contributed by atoms with Crippen molar-refractivity contribution in [2.75, 3.05) is 39.1 Å². The summed E-state index contributed by atoms with van der Waals surface area (Å²) in [4.78, 5) is 4.16. The molecule has 1 aromatic rings. The van der Waals surface area contributed by atoms with Crippen LogP contribution in [0, 0.1) is 5.82 Å². The zero-order valence-electron chi connectivity index (χ0n) is 13.4. The van der Waals surface area contributed by atoms with Gasteiger partial charge >= 0.3 is 0 Å². The van der Waals surface area contributed by atoms with Crippen molar-refractivity contribution in [3.63, 3.8) is 0 Å². The lowest BCUT2D eigenvalue weighted by molar-refractivity contribution is 0.145. The summed E-state index contributed by atoms with van der Waals surface area (Å²) in [5.41, 5.74) is 0.755. The van der Waals surface area contributed by atoms with Crippen LogP contribution in [0.5, 0.6) is 0 Å². The van der Waals surface area contributed by atoms with Gasteiger partial charge in [-0.05, 0) is 25.0 Å². The molecule has 6 heteroatoms. The first-order valence-corrected chi connectivity index (χ1v) is 8.76. The maximum atomic E-state index is 13.4. The van der Waals surface area contributed by atoms with Crippen LogP contribution in [-0.4, -0.2) is 45.1 Å². The van der Waals surface area contributed by atoms with E-state index in [9.17, 15) is 4.39 Å². The van der Waals surface area contributed by atoms with E-state index in [1.807, 2.05) is 19.1 Å². The second-order valence-electron chi connectivity index (χ2n) is 4.62. The first-order chi connectivity index (χ1) is 10.8. The van der Waals surface area contributed by atoms with Crippen molar-refractivity contribution >= 4 is 17.7 Å². The topological polar surface area (TPSA) is 45.6 Å². The molecule has 0 radical (unpaired) electrons. The van der Waals surface area contributed by atoms with E-state index >= 15 is 0 Å². The highest BCUT2D eigenvalue weighted by molar-refractivity contribution is 7.98. The fourth-order valence-electron chi connectivity index (χ4n) is 1.79. The molecule has 0 amide bonds. The first-order valence-electron chi connectivity index (χ1n) is 7.61. The molecule has 0 bridgehead atoms. The summed E-state index contributed by atoms with van der Waals surface area (Å²) in [7, 11) is 1.75. The predicted octanol–water partition coefficient (Wildman–Crippen LogP) is 2.65. The first kappa shape index (κ1) is 18.8. The standard InChI is InChI=1S/C16H26FN3OS/c1-3-21-11-6-9-19-16(18-2)20-10-12-22-13-14-7-4-5-8-15(14)17/h4-5,7-8H,3,6,9-13H2,1-2H3,(H2,18,19,20). The van der Waals surface area contributed by atoms with Gasteiger partial charge in [0.05, 0.1) is 0 Å². The number of ether oxygens (including phenoxy) is 1. The molecule has 0 fully saturated rings. The van der Waals surface area contributed by atoms with Gasteiger partial charge in [0.2, 0.25) is 0 Å². The molecule has 1 rings (SSSR count). The molecule has 4 nitrogen and oxygen atoms in total. The molecule has 0 atom stereocenters. The maximum Gasteiger partial charge on any atom is 0.191 e. The van der Waals surface area contributed by atoms with Crippen LogP contribution in [0.4, 0.5) is 4.39 Å². The molecule has 0 heterocycles. The highest BCUT2D eigenvalue weighted by Crippen LogP contribution is 2.14. The molecule has 0 spiro atoms. The fraction of sp³-hybridized carbons (Fsp3) is 0.562. The van der Waals surface area contributed by atoms with E-state index in [1.165, 1.54) is 6.07 Å². The number of hydrogen-bond acceptors (Lipinski definition) is 3. The quantitative estimate of drug-likeness (QED) is 0.394.